The Morgan fingerprint density at radius 3 is 2.56 bits per heavy atom. The van der Waals surface area contributed by atoms with Crippen molar-refractivity contribution in [2.24, 2.45) is 0 Å². The first-order valence-corrected chi connectivity index (χ1v) is 7.63. The first-order chi connectivity index (χ1) is 11.8. The third-order valence-electron chi connectivity index (χ3n) is 2.93. The van der Waals surface area contributed by atoms with Gasteiger partial charge in [0.15, 0.2) is 5.11 Å². The summed E-state index contributed by atoms with van der Waals surface area (Å²) in [5.41, 5.74) is 0.259. The molecule has 0 saturated carbocycles. The molecule has 0 radical (unpaired) electrons. The number of thiocarbonyl (C=S) groups is 1. The van der Waals surface area contributed by atoms with Crippen molar-refractivity contribution in [3.05, 3.63) is 75.1 Å². The Morgan fingerprint density at radius 2 is 1.92 bits per heavy atom. The van der Waals surface area contributed by atoms with Crippen molar-refractivity contribution in [1.82, 2.24) is 5.32 Å². The largest absolute Gasteiger partial charge is 0.332 e. The molecule has 2 N–H and O–H groups in total. The second-order valence-corrected chi connectivity index (χ2v) is 5.60. The van der Waals surface area contributed by atoms with E-state index in [1.165, 1.54) is 12.1 Å². The number of nitro groups is 1. The van der Waals surface area contributed by atoms with E-state index in [0.717, 1.165) is 17.7 Å². The van der Waals surface area contributed by atoms with Gasteiger partial charge < -0.3 is 5.32 Å². The number of benzene rings is 2. The van der Waals surface area contributed by atoms with Crippen LogP contribution in [0.15, 0.2) is 48.5 Å². The molecule has 128 valence electrons. The average molecular weight is 380 g/mol. The van der Waals surface area contributed by atoms with Crippen LogP contribution in [0.25, 0.3) is 6.08 Å². The first-order valence-electron chi connectivity index (χ1n) is 6.85. The zero-order valence-corrected chi connectivity index (χ0v) is 14.1. The van der Waals surface area contributed by atoms with Gasteiger partial charge in [0.2, 0.25) is 11.7 Å². The number of hydrogen-bond donors (Lipinski definition) is 2. The number of hydrogen-bond acceptors (Lipinski definition) is 4. The molecule has 0 aliphatic carbocycles. The third kappa shape index (κ3) is 5.63. The van der Waals surface area contributed by atoms with Gasteiger partial charge in [-0.15, -0.1) is 0 Å². The number of nitro benzene ring substituents is 1. The highest BCUT2D eigenvalue weighted by atomic mass is 35.5. The Kier molecular flexibility index (Phi) is 6.15. The number of halogens is 2. The van der Waals surface area contributed by atoms with Crippen LogP contribution in [0.3, 0.4) is 0 Å². The maximum absolute atomic E-state index is 13.3. The topological polar surface area (TPSA) is 84.3 Å². The van der Waals surface area contributed by atoms with Crippen LogP contribution in [-0.4, -0.2) is 15.9 Å². The zero-order chi connectivity index (χ0) is 18.4. The molecule has 0 heterocycles. The summed E-state index contributed by atoms with van der Waals surface area (Å²) in [6.07, 6.45) is 2.83. The quantitative estimate of drug-likeness (QED) is 0.364. The molecule has 9 heteroatoms. The van der Waals surface area contributed by atoms with E-state index >= 15 is 0 Å². The molecule has 0 aliphatic rings. The maximum Gasteiger partial charge on any atom is 0.306 e. The van der Waals surface area contributed by atoms with Gasteiger partial charge in [0.1, 0.15) is 0 Å². The second kappa shape index (κ2) is 8.32. The van der Waals surface area contributed by atoms with Crippen molar-refractivity contribution in [2.45, 2.75) is 0 Å². The zero-order valence-electron chi connectivity index (χ0n) is 12.5. The minimum absolute atomic E-state index is 0.0772. The molecular formula is C16H11ClFN3O3S. The van der Waals surface area contributed by atoms with Crippen molar-refractivity contribution in [2.75, 3.05) is 5.32 Å². The van der Waals surface area contributed by atoms with E-state index in [9.17, 15) is 19.3 Å². The normalized spacial score (nSPS) is 10.5. The van der Waals surface area contributed by atoms with Crippen LogP contribution in [0.5, 0.6) is 0 Å². The lowest BCUT2D eigenvalue weighted by molar-refractivity contribution is -0.387. The maximum atomic E-state index is 13.3. The number of amides is 1. The summed E-state index contributed by atoms with van der Waals surface area (Å²) >= 11 is 10.7. The van der Waals surface area contributed by atoms with Crippen molar-refractivity contribution in [3.63, 3.8) is 0 Å². The van der Waals surface area contributed by atoms with Crippen molar-refractivity contribution in [3.8, 4) is 0 Å². The molecule has 2 aromatic carbocycles. The number of rotatable bonds is 4. The van der Waals surface area contributed by atoms with Gasteiger partial charge in [-0.25, -0.2) is 0 Å². The van der Waals surface area contributed by atoms with Crippen molar-refractivity contribution >= 4 is 52.3 Å². The highest BCUT2D eigenvalue weighted by Crippen LogP contribution is 2.21. The Bertz CT molecular complexity index is 856. The molecule has 0 spiro atoms. The summed E-state index contributed by atoms with van der Waals surface area (Å²) in [4.78, 5) is 21.6. The van der Waals surface area contributed by atoms with E-state index in [2.05, 4.69) is 10.6 Å². The lowest BCUT2D eigenvalue weighted by Gasteiger charge is -2.08. The minimum Gasteiger partial charge on any atom is -0.332 e. The van der Waals surface area contributed by atoms with Crippen LogP contribution in [0.2, 0.25) is 5.02 Å². The molecule has 0 bridgehead atoms. The van der Waals surface area contributed by atoms with Crippen LogP contribution in [0.1, 0.15) is 5.56 Å². The molecule has 0 saturated heterocycles. The smallest absolute Gasteiger partial charge is 0.306 e. The lowest BCUT2D eigenvalue weighted by Crippen LogP contribution is -2.32. The Labute approximate surface area is 152 Å². The fraction of sp³-hybridized carbons (Fsp3) is 0. The number of anilines is 1. The Morgan fingerprint density at radius 1 is 1.24 bits per heavy atom. The van der Waals surface area contributed by atoms with E-state index in [0.29, 0.717) is 5.02 Å². The summed E-state index contributed by atoms with van der Waals surface area (Å²) in [6.45, 7) is 0. The molecule has 0 fully saturated rings. The standard InChI is InChI=1S/C16H11ClFN3O3S/c17-11-4-1-10(2-5-11)3-8-15(22)20-16(25)19-12-6-7-13(18)14(9-12)21(23)24/h1-9H,(H2,19,20,22,25). The van der Waals surface area contributed by atoms with Gasteiger partial charge in [-0.05, 0) is 48.1 Å². The molecule has 2 rings (SSSR count). The molecule has 25 heavy (non-hydrogen) atoms. The van der Waals surface area contributed by atoms with Gasteiger partial charge in [-0.3, -0.25) is 20.2 Å². The van der Waals surface area contributed by atoms with Gasteiger partial charge in [0.25, 0.3) is 0 Å². The Hall–Kier alpha value is -2.84. The first kappa shape index (κ1) is 18.5. The van der Waals surface area contributed by atoms with Gasteiger partial charge in [-0.2, -0.15) is 4.39 Å². The summed E-state index contributed by atoms with van der Waals surface area (Å²) in [5.74, 6) is -1.46. The molecule has 2 aromatic rings. The van der Waals surface area contributed by atoms with Crippen LogP contribution in [0.4, 0.5) is 15.8 Å². The third-order valence-corrected chi connectivity index (χ3v) is 3.39. The fourth-order valence-corrected chi connectivity index (χ4v) is 2.14. The highest BCUT2D eigenvalue weighted by molar-refractivity contribution is 7.80. The monoisotopic (exact) mass is 379 g/mol. The van der Waals surface area contributed by atoms with Gasteiger partial charge in [-0.1, -0.05) is 23.7 Å². The van der Waals surface area contributed by atoms with Crippen LogP contribution in [0, 0.1) is 15.9 Å². The molecule has 0 atom stereocenters. The molecule has 0 unspecified atom stereocenters. The van der Waals surface area contributed by atoms with Gasteiger partial charge in [0, 0.05) is 22.9 Å². The fourth-order valence-electron chi connectivity index (χ4n) is 1.79. The number of carbonyl (C=O) groups is 1. The molecular weight excluding hydrogens is 369 g/mol. The predicted octanol–water partition coefficient (Wildman–Crippen LogP) is 3.91. The summed E-state index contributed by atoms with van der Waals surface area (Å²) in [6, 6.07) is 10.0. The van der Waals surface area contributed by atoms with Crippen LogP contribution >= 0.6 is 23.8 Å². The summed E-state index contributed by atoms with van der Waals surface area (Å²) in [5, 5.41) is 16.2. The van der Waals surface area contributed by atoms with Crippen molar-refractivity contribution < 1.29 is 14.1 Å². The average Bonchev–Trinajstić information content (AvgIpc) is 2.55. The highest BCUT2D eigenvalue weighted by Gasteiger charge is 2.14. The SMILES string of the molecule is O=C(C=Cc1ccc(Cl)cc1)NC(=S)Nc1ccc(F)c([N+](=O)[O-])c1. The van der Waals surface area contributed by atoms with Gasteiger partial charge >= 0.3 is 5.69 Å². The summed E-state index contributed by atoms with van der Waals surface area (Å²) in [7, 11) is 0. The molecule has 1 amide bonds. The van der Waals surface area contributed by atoms with Crippen LogP contribution in [-0.2, 0) is 4.79 Å². The van der Waals surface area contributed by atoms with E-state index < -0.39 is 22.3 Å². The molecule has 0 aromatic heterocycles. The second-order valence-electron chi connectivity index (χ2n) is 4.75. The lowest BCUT2D eigenvalue weighted by atomic mass is 10.2. The van der Waals surface area contributed by atoms with E-state index in [1.807, 2.05) is 0 Å². The summed E-state index contributed by atoms with van der Waals surface area (Å²) < 4.78 is 13.3. The van der Waals surface area contributed by atoms with E-state index in [4.69, 9.17) is 23.8 Å². The van der Waals surface area contributed by atoms with Gasteiger partial charge in [0.05, 0.1) is 4.92 Å². The number of nitrogens with zero attached hydrogens (tertiary/aromatic N) is 1. The van der Waals surface area contributed by atoms with E-state index in [1.54, 1.807) is 30.3 Å². The number of nitrogens with one attached hydrogen (secondary N) is 2. The molecule has 0 aliphatic heterocycles. The molecule has 6 nitrogen and oxygen atoms in total. The Balaban J connectivity index is 1.95. The minimum atomic E-state index is -0.962. The van der Waals surface area contributed by atoms with Crippen LogP contribution < -0.4 is 10.6 Å². The van der Waals surface area contributed by atoms with Crippen molar-refractivity contribution in [1.29, 1.82) is 0 Å². The number of carbonyl (C=O) groups excluding carboxylic acids is 1. The van der Waals surface area contributed by atoms with E-state index in [-0.39, 0.29) is 10.8 Å². The predicted molar refractivity (Wildman–Crippen MR) is 97.9 cm³/mol.